The summed E-state index contributed by atoms with van der Waals surface area (Å²) < 4.78 is 1.86. The molecule has 4 fully saturated rings. The molecule has 0 unspecified atom stereocenters. The molecule has 0 aliphatic heterocycles. The fourth-order valence-corrected chi connectivity index (χ4v) is 6.21. The third kappa shape index (κ3) is 3.96. The summed E-state index contributed by atoms with van der Waals surface area (Å²) in [5.74, 6) is 2.33. The molecule has 2 N–H and O–H groups in total. The molecule has 4 bridgehead atoms. The molecule has 154 valence electrons. The first-order chi connectivity index (χ1) is 13.4. The molecule has 0 saturated heterocycles. The molecule has 1 aromatic rings. The van der Waals surface area contributed by atoms with Gasteiger partial charge in [0.05, 0.1) is 0 Å². The largest absolute Gasteiger partial charge is 0.354 e. The molecule has 0 radical (unpaired) electrons. The van der Waals surface area contributed by atoms with E-state index in [1.807, 2.05) is 30.8 Å². The van der Waals surface area contributed by atoms with Gasteiger partial charge in [-0.3, -0.25) is 14.3 Å². The van der Waals surface area contributed by atoms with Crippen LogP contribution in [-0.2, 0) is 16.1 Å². The van der Waals surface area contributed by atoms with Crippen LogP contribution in [-0.4, -0.2) is 34.2 Å². The van der Waals surface area contributed by atoms with Crippen LogP contribution in [0, 0.1) is 29.1 Å². The minimum Gasteiger partial charge on any atom is -0.354 e. The number of aryl methyl sites for hydroxylation is 1. The fraction of sp³-hybridized carbons (Fsp3) is 0.773. The summed E-state index contributed by atoms with van der Waals surface area (Å²) in [4.78, 5) is 26.1. The topological polar surface area (TPSA) is 76.0 Å². The van der Waals surface area contributed by atoms with E-state index in [2.05, 4.69) is 15.7 Å². The van der Waals surface area contributed by atoms with Crippen molar-refractivity contribution in [3.63, 3.8) is 0 Å². The monoisotopic (exact) mass is 386 g/mol. The van der Waals surface area contributed by atoms with Crippen molar-refractivity contribution < 1.29 is 9.59 Å². The third-order valence-electron chi connectivity index (χ3n) is 7.18. The SMILES string of the molecule is CC(C)[C@H](NC(=O)C12CC3CC(CC(C3)C1)C2)C(=O)NCCCn1cccn1. The first-order valence-electron chi connectivity index (χ1n) is 11.0. The molecule has 4 saturated carbocycles. The number of nitrogens with one attached hydrogen (secondary N) is 2. The Labute approximate surface area is 167 Å². The highest BCUT2D eigenvalue weighted by Crippen LogP contribution is 2.60. The zero-order valence-corrected chi connectivity index (χ0v) is 17.2. The smallest absolute Gasteiger partial charge is 0.242 e. The molecule has 6 nitrogen and oxygen atoms in total. The molecule has 2 amide bonds. The average molecular weight is 387 g/mol. The van der Waals surface area contributed by atoms with Gasteiger partial charge in [0, 0.05) is 30.9 Å². The van der Waals surface area contributed by atoms with Gasteiger partial charge in [-0.25, -0.2) is 0 Å². The summed E-state index contributed by atoms with van der Waals surface area (Å²) in [6.45, 7) is 5.39. The van der Waals surface area contributed by atoms with Crippen molar-refractivity contribution in [2.75, 3.05) is 6.54 Å². The van der Waals surface area contributed by atoms with Crippen LogP contribution in [0.15, 0.2) is 18.5 Å². The highest BCUT2D eigenvalue weighted by molar-refractivity contribution is 5.90. The molecule has 28 heavy (non-hydrogen) atoms. The van der Waals surface area contributed by atoms with Crippen LogP contribution in [0.25, 0.3) is 0 Å². The van der Waals surface area contributed by atoms with Crippen molar-refractivity contribution in [3.05, 3.63) is 18.5 Å². The normalized spacial score (nSPS) is 31.8. The average Bonchev–Trinajstić information content (AvgIpc) is 3.15. The van der Waals surface area contributed by atoms with E-state index in [0.717, 1.165) is 50.0 Å². The first-order valence-corrected chi connectivity index (χ1v) is 11.0. The highest BCUT2D eigenvalue weighted by Gasteiger charge is 2.55. The minimum atomic E-state index is -0.454. The van der Waals surface area contributed by atoms with Gasteiger partial charge >= 0.3 is 0 Å². The van der Waals surface area contributed by atoms with Crippen LogP contribution in [0.2, 0.25) is 0 Å². The minimum absolute atomic E-state index is 0.0615. The second kappa shape index (κ2) is 7.88. The number of rotatable bonds is 8. The summed E-state index contributed by atoms with van der Waals surface area (Å²) in [6, 6.07) is 1.44. The van der Waals surface area contributed by atoms with Gasteiger partial charge in [0.25, 0.3) is 0 Å². The van der Waals surface area contributed by atoms with Gasteiger partial charge in [-0.15, -0.1) is 0 Å². The van der Waals surface area contributed by atoms with Gasteiger partial charge in [0.2, 0.25) is 11.8 Å². The lowest BCUT2D eigenvalue weighted by Gasteiger charge is -2.55. The van der Waals surface area contributed by atoms with Gasteiger partial charge in [0.15, 0.2) is 0 Å². The summed E-state index contributed by atoms with van der Waals surface area (Å²) in [5, 5.41) is 10.3. The van der Waals surface area contributed by atoms with Gasteiger partial charge in [-0.05, 0) is 74.7 Å². The van der Waals surface area contributed by atoms with Gasteiger partial charge in [-0.2, -0.15) is 5.10 Å². The van der Waals surface area contributed by atoms with Crippen molar-refractivity contribution in [1.82, 2.24) is 20.4 Å². The maximum atomic E-state index is 13.3. The molecule has 6 heteroatoms. The van der Waals surface area contributed by atoms with E-state index in [-0.39, 0.29) is 23.1 Å². The molecule has 4 aliphatic carbocycles. The van der Waals surface area contributed by atoms with E-state index in [1.54, 1.807) is 6.20 Å². The lowest BCUT2D eigenvalue weighted by molar-refractivity contribution is -0.149. The lowest BCUT2D eigenvalue weighted by Crippen LogP contribution is -2.58. The summed E-state index contributed by atoms with van der Waals surface area (Å²) in [7, 11) is 0. The van der Waals surface area contributed by atoms with Crippen LogP contribution in [0.1, 0.15) is 58.8 Å². The van der Waals surface area contributed by atoms with Crippen molar-refractivity contribution in [2.24, 2.45) is 29.1 Å². The molecule has 1 atom stereocenters. The number of carbonyl (C=O) groups excluding carboxylic acids is 2. The van der Waals surface area contributed by atoms with E-state index in [9.17, 15) is 9.59 Å². The molecular formula is C22H34N4O2. The predicted octanol–water partition coefficient (Wildman–Crippen LogP) is 2.75. The second-order valence-electron chi connectivity index (χ2n) is 9.81. The van der Waals surface area contributed by atoms with Crippen molar-refractivity contribution in [1.29, 1.82) is 0 Å². The number of hydrogen-bond acceptors (Lipinski definition) is 3. The Kier molecular flexibility index (Phi) is 5.48. The maximum absolute atomic E-state index is 13.3. The number of aromatic nitrogens is 2. The second-order valence-corrected chi connectivity index (χ2v) is 9.81. The molecule has 0 spiro atoms. The highest BCUT2D eigenvalue weighted by atomic mass is 16.2. The van der Waals surface area contributed by atoms with Crippen molar-refractivity contribution in [3.8, 4) is 0 Å². The summed E-state index contributed by atoms with van der Waals surface area (Å²) in [5.41, 5.74) is -0.206. The van der Waals surface area contributed by atoms with Crippen LogP contribution in [0.3, 0.4) is 0 Å². The summed E-state index contributed by atoms with van der Waals surface area (Å²) in [6.07, 6.45) is 11.5. The third-order valence-corrected chi connectivity index (χ3v) is 7.18. The van der Waals surface area contributed by atoms with E-state index in [0.29, 0.717) is 6.54 Å². The Hall–Kier alpha value is -1.85. The van der Waals surface area contributed by atoms with Crippen molar-refractivity contribution in [2.45, 2.75) is 71.4 Å². The lowest BCUT2D eigenvalue weighted by atomic mass is 9.49. The predicted molar refractivity (Wildman–Crippen MR) is 107 cm³/mol. The standard InChI is InChI=1S/C22H34N4O2/c1-15(2)19(20(27)23-5-3-7-26-8-4-6-24-26)25-21(28)22-12-16-9-17(13-22)11-18(10-16)14-22/h4,6,8,15-19H,3,5,7,9-14H2,1-2H3,(H,23,27)(H,25,28)/t16?,17?,18?,19-,22?/m0/s1. The Morgan fingerprint density at radius 1 is 1.14 bits per heavy atom. The molecule has 0 aromatic carbocycles. The van der Waals surface area contributed by atoms with E-state index >= 15 is 0 Å². The van der Waals surface area contributed by atoms with E-state index in [4.69, 9.17) is 0 Å². The van der Waals surface area contributed by atoms with Gasteiger partial charge in [-0.1, -0.05) is 13.8 Å². The zero-order valence-electron chi connectivity index (χ0n) is 17.2. The molecular weight excluding hydrogens is 352 g/mol. The Morgan fingerprint density at radius 2 is 1.79 bits per heavy atom. The zero-order chi connectivity index (χ0) is 19.7. The van der Waals surface area contributed by atoms with Crippen LogP contribution < -0.4 is 10.6 Å². The van der Waals surface area contributed by atoms with Crippen LogP contribution in [0.5, 0.6) is 0 Å². The number of carbonyl (C=O) groups is 2. The first kappa shape index (κ1) is 19.5. The summed E-state index contributed by atoms with van der Waals surface area (Å²) >= 11 is 0. The van der Waals surface area contributed by atoms with E-state index in [1.165, 1.54) is 19.3 Å². The Bertz CT molecular complexity index is 662. The van der Waals surface area contributed by atoms with Crippen molar-refractivity contribution >= 4 is 11.8 Å². The van der Waals surface area contributed by atoms with Crippen LogP contribution in [0.4, 0.5) is 0 Å². The molecule has 4 aliphatic rings. The van der Waals surface area contributed by atoms with E-state index < -0.39 is 6.04 Å². The maximum Gasteiger partial charge on any atom is 0.242 e. The van der Waals surface area contributed by atoms with Crippen LogP contribution >= 0.6 is 0 Å². The number of nitrogens with zero attached hydrogens (tertiary/aromatic N) is 2. The quantitative estimate of drug-likeness (QED) is 0.675. The molecule has 1 heterocycles. The van der Waals surface area contributed by atoms with Gasteiger partial charge in [0.1, 0.15) is 6.04 Å². The molecule has 1 aromatic heterocycles. The number of amides is 2. The van der Waals surface area contributed by atoms with Gasteiger partial charge < -0.3 is 10.6 Å². The fourth-order valence-electron chi connectivity index (χ4n) is 6.21. The Morgan fingerprint density at radius 3 is 2.32 bits per heavy atom. The molecule has 5 rings (SSSR count). The Balaban J connectivity index is 1.31. The number of hydrogen-bond donors (Lipinski definition) is 2.